The van der Waals surface area contributed by atoms with Crippen molar-refractivity contribution >= 4 is 17.6 Å². The molecule has 3 aromatic rings. The van der Waals surface area contributed by atoms with E-state index in [1.54, 1.807) is 36.4 Å². The summed E-state index contributed by atoms with van der Waals surface area (Å²) in [5.74, 6) is -1.66. The van der Waals surface area contributed by atoms with Crippen LogP contribution in [0.5, 0.6) is 5.75 Å². The zero-order valence-electron chi connectivity index (χ0n) is 14.0. The number of halogens is 1. The number of tetrazole rings is 1. The van der Waals surface area contributed by atoms with E-state index in [9.17, 15) is 14.0 Å². The molecule has 1 saturated heterocycles. The van der Waals surface area contributed by atoms with Gasteiger partial charge in [-0.25, -0.2) is 9.07 Å². The molecule has 1 atom stereocenters. The molecule has 0 spiro atoms. The van der Waals surface area contributed by atoms with Gasteiger partial charge in [0.15, 0.2) is 0 Å². The molecule has 0 saturated carbocycles. The summed E-state index contributed by atoms with van der Waals surface area (Å²) in [7, 11) is 0. The standard InChI is InChI=1S/C18H14FN5O3/c19-15-3-1-2-4-16(15)23-10-12(9-17(23)25)18(26)27-14-7-5-13(6-8-14)24-11-20-21-22-24/h1-8,11-12H,9-10H2/t12-/m0/s1. The summed E-state index contributed by atoms with van der Waals surface area (Å²) >= 11 is 0. The molecule has 27 heavy (non-hydrogen) atoms. The van der Waals surface area contributed by atoms with Gasteiger partial charge in [-0.2, -0.15) is 0 Å². The first kappa shape index (κ1) is 16.8. The number of amides is 1. The first-order valence-electron chi connectivity index (χ1n) is 8.22. The van der Waals surface area contributed by atoms with Crippen molar-refractivity contribution in [3.63, 3.8) is 0 Å². The van der Waals surface area contributed by atoms with E-state index in [0.29, 0.717) is 11.4 Å². The van der Waals surface area contributed by atoms with Gasteiger partial charge in [0.05, 0.1) is 17.3 Å². The first-order chi connectivity index (χ1) is 13.1. The second-order valence-electron chi connectivity index (χ2n) is 6.03. The van der Waals surface area contributed by atoms with Crippen molar-refractivity contribution in [1.29, 1.82) is 0 Å². The van der Waals surface area contributed by atoms with Crippen molar-refractivity contribution < 1.29 is 18.7 Å². The predicted octanol–water partition coefficient (Wildman–Crippen LogP) is 1.76. The van der Waals surface area contributed by atoms with E-state index in [1.807, 2.05) is 0 Å². The van der Waals surface area contributed by atoms with E-state index >= 15 is 0 Å². The lowest BCUT2D eigenvalue weighted by molar-refractivity contribution is -0.139. The maximum Gasteiger partial charge on any atom is 0.316 e. The Morgan fingerprint density at radius 2 is 1.93 bits per heavy atom. The van der Waals surface area contributed by atoms with Crippen LogP contribution in [0.15, 0.2) is 54.9 Å². The summed E-state index contributed by atoms with van der Waals surface area (Å²) in [6.45, 7) is 0.0846. The van der Waals surface area contributed by atoms with Gasteiger partial charge in [0.1, 0.15) is 17.9 Å². The smallest absolute Gasteiger partial charge is 0.316 e. The Hall–Kier alpha value is -3.62. The minimum atomic E-state index is -0.656. The Bertz CT molecular complexity index is 975. The van der Waals surface area contributed by atoms with Crippen LogP contribution in [0.25, 0.3) is 5.69 Å². The lowest BCUT2D eigenvalue weighted by Crippen LogP contribution is -2.28. The van der Waals surface area contributed by atoms with E-state index in [2.05, 4.69) is 15.5 Å². The summed E-state index contributed by atoms with van der Waals surface area (Å²) in [5.41, 5.74) is 0.880. The third-order valence-electron chi connectivity index (χ3n) is 4.27. The number of hydrogen-bond donors (Lipinski definition) is 0. The fraction of sp³-hybridized carbons (Fsp3) is 0.167. The monoisotopic (exact) mass is 367 g/mol. The molecule has 1 fully saturated rings. The quantitative estimate of drug-likeness (QED) is 0.516. The van der Waals surface area contributed by atoms with Gasteiger partial charge in [-0.1, -0.05) is 12.1 Å². The molecular weight excluding hydrogens is 353 g/mol. The number of rotatable bonds is 4. The number of aromatic nitrogens is 4. The molecule has 0 radical (unpaired) electrons. The van der Waals surface area contributed by atoms with E-state index < -0.39 is 17.7 Å². The Morgan fingerprint density at radius 1 is 1.15 bits per heavy atom. The number of nitrogens with zero attached hydrogens (tertiary/aromatic N) is 5. The highest BCUT2D eigenvalue weighted by molar-refractivity contribution is 5.99. The molecule has 0 aliphatic carbocycles. The molecule has 1 aliphatic heterocycles. The molecule has 2 aromatic carbocycles. The molecule has 136 valence electrons. The van der Waals surface area contributed by atoms with Crippen molar-refractivity contribution in [3.05, 3.63) is 60.7 Å². The zero-order valence-corrected chi connectivity index (χ0v) is 14.0. The molecule has 9 heteroatoms. The average molecular weight is 367 g/mol. The number of benzene rings is 2. The van der Waals surface area contributed by atoms with Crippen LogP contribution in [-0.4, -0.2) is 38.6 Å². The molecule has 1 aliphatic rings. The summed E-state index contributed by atoms with van der Waals surface area (Å²) in [5, 5.41) is 10.9. The van der Waals surface area contributed by atoms with Gasteiger partial charge in [-0.15, -0.1) is 5.10 Å². The minimum absolute atomic E-state index is 0.0180. The van der Waals surface area contributed by atoms with Crippen molar-refractivity contribution in [2.24, 2.45) is 5.92 Å². The fourth-order valence-electron chi connectivity index (χ4n) is 2.91. The number of carbonyl (C=O) groups excluding carboxylic acids is 2. The van der Waals surface area contributed by atoms with Gasteiger partial charge in [0.2, 0.25) is 5.91 Å². The summed E-state index contributed by atoms with van der Waals surface area (Å²) < 4.78 is 20.7. The van der Waals surface area contributed by atoms with Crippen LogP contribution in [0.2, 0.25) is 0 Å². The highest BCUT2D eigenvalue weighted by Gasteiger charge is 2.37. The Kier molecular flexibility index (Phi) is 4.33. The number of esters is 1. The van der Waals surface area contributed by atoms with Crippen molar-refractivity contribution in [3.8, 4) is 11.4 Å². The molecule has 1 amide bonds. The van der Waals surface area contributed by atoms with Crippen molar-refractivity contribution in [2.75, 3.05) is 11.4 Å². The highest BCUT2D eigenvalue weighted by atomic mass is 19.1. The molecule has 0 unspecified atom stereocenters. The summed E-state index contributed by atoms with van der Waals surface area (Å²) in [4.78, 5) is 25.9. The van der Waals surface area contributed by atoms with Crippen LogP contribution in [0.4, 0.5) is 10.1 Å². The molecule has 0 N–H and O–H groups in total. The predicted molar refractivity (Wildman–Crippen MR) is 91.6 cm³/mol. The van der Waals surface area contributed by atoms with Gasteiger partial charge in [0.25, 0.3) is 0 Å². The highest BCUT2D eigenvalue weighted by Crippen LogP contribution is 2.28. The lowest BCUT2D eigenvalue weighted by atomic mass is 10.1. The molecule has 2 heterocycles. The van der Waals surface area contributed by atoms with Crippen LogP contribution in [0.1, 0.15) is 6.42 Å². The van der Waals surface area contributed by atoms with Gasteiger partial charge in [0, 0.05) is 13.0 Å². The number of hydrogen-bond acceptors (Lipinski definition) is 6. The third kappa shape index (κ3) is 3.39. The van der Waals surface area contributed by atoms with E-state index in [0.717, 1.165) is 0 Å². The van der Waals surface area contributed by atoms with E-state index in [-0.39, 0.29) is 24.6 Å². The van der Waals surface area contributed by atoms with Crippen LogP contribution in [0.3, 0.4) is 0 Å². The largest absolute Gasteiger partial charge is 0.426 e. The molecule has 0 bridgehead atoms. The maximum atomic E-state index is 13.9. The Morgan fingerprint density at radius 3 is 2.63 bits per heavy atom. The third-order valence-corrected chi connectivity index (χ3v) is 4.27. The second-order valence-corrected chi connectivity index (χ2v) is 6.03. The van der Waals surface area contributed by atoms with Gasteiger partial charge in [-0.05, 0) is 46.8 Å². The molecule has 1 aromatic heterocycles. The van der Waals surface area contributed by atoms with Gasteiger partial charge in [-0.3, -0.25) is 9.59 Å². The minimum Gasteiger partial charge on any atom is -0.426 e. The topological polar surface area (TPSA) is 90.2 Å². The molecule has 8 nitrogen and oxygen atoms in total. The van der Waals surface area contributed by atoms with Crippen LogP contribution < -0.4 is 9.64 Å². The Balaban J connectivity index is 1.43. The number of ether oxygens (including phenoxy) is 1. The Labute approximate surface area is 153 Å². The first-order valence-corrected chi connectivity index (χ1v) is 8.22. The van der Waals surface area contributed by atoms with Crippen molar-refractivity contribution in [1.82, 2.24) is 20.2 Å². The summed E-state index contributed by atoms with van der Waals surface area (Å²) in [6.07, 6.45) is 1.43. The van der Waals surface area contributed by atoms with Crippen molar-refractivity contribution in [2.45, 2.75) is 6.42 Å². The average Bonchev–Trinajstić information content (AvgIpc) is 3.33. The zero-order chi connectivity index (χ0) is 18.8. The second kappa shape index (κ2) is 6.94. The van der Waals surface area contributed by atoms with Gasteiger partial charge >= 0.3 is 5.97 Å². The van der Waals surface area contributed by atoms with Crippen LogP contribution >= 0.6 is 0 Å². The number of anilines is 1. The normalized spacial score (nSPS) is 16.6. The van der Waals surface area contributed by atoms with E-state index in [4.69, 9.17) is 4.74 Å². The number of para-hydroxylation sites is 1. The molecular formula is C18H14FN5O3. The number of carbonyl (C=O) groups is 2. The lowest BCUT2D eigenvalue weighted by Gasteiger charge is -2.17. The van der Waals surface area contributed by atoms with Crippen LogP contribution in [0, 0.1) is 11.7 Å². The van der Waals surface area contributed by atoms with Crippen LogP contribution in [-0.2, 0) is 9.59 Å². The fourth-order valence-corrected chi connectivity index (χ4v) is 2.91. The maximum absolute atomic E-state index is 13.9. The summed E-state index contributed by atoms with van der Waals surface area (Å²) in [6, 6.07) is 12.6. The van der Waals surface area contributed by atoms with E-state index in [1.165, 1.54) is 28.0 Å². The SMILES string of the molecule is O=C(Oc1ccc(-n2cnnn2)cc1)[C@H]1CC(=O)N(c2ccccc2F)C1. The van der Waals surface area contributed by atoms with Gasteiger partial charge < -0.3 is 9.64 Å². The molecule has 4 rings (SSSR count).